The predicted molar refractivity (Wildman–Crippen MR) is 192 cm³/mol. The van der Waals surface area contributed by atoms with Gasteiger partial charge in [-0.3, -0.25) is 0 Å². The predicted octanol–water partition coefficient (Wildman–Crippen LogP) is 11.2. The van der Waals surface area contributed by atoms with Crippen LogP contribution < -0.4 is 0 Å². The Kier molecular flexibility index (Phi) is 6.14. The van der Waals surface area contributed by atoms with E-state index in [9.17, 15) is 0 Å². The number of aromatic nitrogens is 3. The van der Waals surface area contributed by atoms with Gasteiger partial charge in [-0.05, 0) is 66.3 Å². The van der Waals surface area contributed by atoms with Crippen LogP contribution in [0.4, 0.5) is 0 Å². The van der Waals surface area contributed by atoms with Crippen molar-refractivity contribution < 1.29 is 0 Å². The Morgan fingerprint density at radius 3 is 1.41 bits per heavy atom. The molecule has 46 heavy (non-hydrogen) atoms. The van der Waals surface area contributed by atoms with Crippen LogP contribution in [-0.4, -0.2) is 15.0 Å². The normalized spacial score (nSPS) is 11.5. The van der Waals surface area contributed by atoms with E-state index in [1.54, 1.807) is 0 Å². The van der Waals surface area contributed by atoms with Gasteiger partial charge in [-0.15, -0.1) is 0 Å². The molecule has 3 nitrogen and oxygen atoms in total. The molecule has 0 spiro atoms. The number of fused-ring (bicyclic) bond motifs is 6. The Hall–Kier alpha value is -6.19. The van der Waals surface area contributed by atoms with Crippen molar-refractivity contribution in [3.8, 4) is 45.3 Å². The zero-order chi connectivity index (χ0) is 30.5. The van der Waals surface area contributed by atoms with Gasteiger partial charge in [0.2, 0.25) is 0 Å². The molecule has 0 aliphatic carbocycles. The van der Waals surface area contributed by atoms with Gasteiger partial charge in [-0.25, -0.2) is 15.0 Å². The molecule has 0 amide bonds. The van der Waals surface area contributed by atoms with Crippen molar-refractivity contribution in [2.24, 2.45) is 0 Å². The van der Waals surface area contributed by atoms with Crippen LogP contribution in [0.25, 0.3) is 88.4 Å². The lowest BCUT2D eigenvalue weighted by molar-refractivity contribution is 1.08. The lowest BCUT2D eigenvalue weighted by atomic mass is 9.93. The summed E-state index contributed by atoms with van der Waals surface area (Å²) in [6, 6.07) is 57.7. The number of nitrogens with zero attached hydrogens (tertiary/aromatic N) is 3. The largest absolute Gasteiger partial charge is 0.208 e. The molecule has 0 fully saturated rings. The highest BCUT2D eigenvalue weighted by atomic mass is 15.0. The van der Waals surface area contributed by atoms with E-state index in [0.717, 1.165) is 33.0 Å². The van der Waals surface area contributed by atoms with Crippen molar-refractivity contribution in [2.45, 2.75) is 0 Å². The third-order valence-corrected chi connectivity index (χ3v) is 8.90. The molecule has 0 atom stereocenters. The second kappa shape index (κ2) is 10.8. The van der Waals surface area contributed by atoms with Crippen LogP contribution in [-0.2, 0) is 0 Å². The molecule has 8 aromatic carbocycles. The Morgan fingerprint density at radius 2 is 0.739 bits per heavy atom. The highest BCUT2D eigenvalue weighted by Crippen LogP contribution is 2.36. The quantitative estimate of drug-likeness (QED) is 0.193. The summed E-state index contributed by atoms with van der Waals surface area (Å²) in [7, 11) is 0. The summed E-state index contributed by atoms with van der Waals surface area (Å²) >= 11 is 0. The molecule has 1 aromatic heterocycles. The van der Waals surface area contributed by atoms with Gasteiger partial charge in [0.15, 0.2) is 17.5 Å². The van der Waals surface area contributed by atoms with Crippen molar-refractivity contribution in [3.63, 3.8) is 0 Å². The summed E-state index contributed by atoms with van der Waals surface area (Å²) in [5, 5.41) is 9.83. The summed E-state index contributed by atoms with van der Waals surface area (Å²) in [6.07, 6.45) is 0. The highest BCUT2D eigenvalue weighted by molar-refractivity contribution is 6.17. The minimum atomic E-state index is 0.659. The molecule has 9 aromatic rings. The molecule has 9 rings (SSSR count). The van der Waals surface area contributed by atoms with Gasteiger partial charge in [-0.1, -0.05) is 152 Å². The molecule has 0 N–H and O–H groups in total. The Bertz CT molecular complexity index is 2520. The topological polar surface area (TPSA) is 38.7 Å². The fourth-order valence-corrected chi connectivity index (χ4v) is 6.57. The van der Waals surface area contributed by atoms with Crippen LogP contribution in [0.15, 0.2) is 164 Å². The van der Waals surface area contributed by atoms with Crippen molar-refractivity contribution in [1.82, 2.24) is 15.0 Å². The minimum Gasteiger partial charge on any atom is -0.208 e. The zero-order valence-electron chi connectivity index (χ0n) is 24.9. The monoisotopic (exact) mass is 585 g/mol. The average Bonchev–Trinajstić information content (AvgIpc) is 3.14. The Labute approximate surface area is 266 Å². The molecular weight excluding hydrogens is 558 g/mol. The Morgan fingerprint density at radius 1 is 0.261 bits per heavy atom. The van der Waals surface area contributed by atoms with Crippen LogP contribution in [0.5, 0.6) is 0 Å². The van der Waals surface area contributed by atoms with Gasteiger partial charge in [0.1, 0.15) is 0 Å². The molecular formula is C43H27N3. The highest BCUT2D eigenvalue weighted by Gasteiger charge is 2.15. The number of hydrogen-bond acceptors (Lipinski definition) is 3. The van der Waals surface area contributed by atoms with Gasteiger partial charge >= 0.3 is 0 Å². The van der Waals surface area contributed by atoms with Crippen LogP contribution in [0.3, 0.4) is 0 Å². The maximum Gasteiger partial charge on any atom is 0.164 e. The van der Waals surface area contributed by atoms with E-state index in [1.165, 1.54) is 37.9 Å². The second-order valence-corrected chi connectivity index (χ2v) is 11.7. The minimum absolute atomic E-state index is 0.659. The summed E-state index contributed by atoms with van der Waals surface area (Å²) in [5.41, 5.74) is 5.23. The van der Waals surface area contributed by atoms with E-state index in [2.05, 4.69) is 103 Å². The number of rotatable bonds is 4. The molecule has 0 aliphatic heterocycles. The van der Waals surface area contributed by atoms with Crippen LogP contribution >= 0.6 is 0 Å². The van der Waals surface area contributed by atoms with Gasteiger partial charge in [0, 0.05) is 16.7 Å². The summed E-state index contributed by atoms with van der Waals surface area (Å²) in [4.78, 5) is 15.0. The van der Waals surface area contributed by atoms with Crippen LogP contribution in [0.2, 0.25) is 0 Å². The van der Waals surface area contributed by atoms with E-state index in [0.29, 0.717) is 17.5 Å². The second-order valence-electron chi connectivity index (χ2n) is 11.7. The van der Waals surface area contributed by atoms with E-state index in [4.69, 9.17) is 15.0 Å². The van der Waals surface area contributed by atoms with E-state index < -0.39 is 0 Å². The first kappa shape index (κ1) is 26.2. The van der Waals surface area contributed by atoms with Crippen LogP contribution in [0, 0.1) is 0 Å². The molecule has 0 bridgehead atoms. The number of benzene rings is 8. The molecule has 0 saturated heterocycles. The van der Waals surface area contributed by atoms with Gasteiger partial charge in [0.25, 0.3) is 0 Å². The smallest absolute Gasteiger partial charge is 0.164 e. The molecule has 0 saturated carbocycles. The van der Waals surface area contributed by atoms with E-state index in [-0.39, 0.29) is 0 Å². The SMILES string of the molecule is c1ccc(-c2nc(-c3ccccc3)nc(-c3cccc4ccc(-c5ccc6ccc7c8ccccc8ccc7c6c5)cc34)n2)cc1. The lowest BCUT2D eigenvalue weighted by Gasteiger charge is -2.12. The molecule has 3 heteroatoms. The van der Waals surface area contributed by atoms with Crippen molar-refractivity contribution in [2.75, 3.05) is 0 Å². The van der Waals surface area contributed by atoms with E-state index >= 15 is 0 Å². The standard InChI is InChI=1S/C43H27N3/c1-3-11-31(12-4-1)41-44-42(32-13-5-2-6-14-32)46-43(45-41)38-17-9-15-29-18-20-34(27-40(29)38)33-21-19-30-23-24-36-35-16-8-7-10-28(35)22-25-37(36)39(30)26-33/h1-27H. The first-order valence-corrected chi connectivity index (χ1v) is 15.5. The first-order chi connectivity index (χ1) is 22.8. The summed E-state index contributed by atoms with van der Waals surface area (Å²) in [6.45, 7) is 0. The molecule has 0 radical (unpaired) electrons. The fraction of sp³-hybridized carbons (Fsp3) is 0. The van der Waals surface area contributed by atoms with Gasteiger partial charge < -0.3 is 0 Å². The maximum atomic E-state index is 5.03. The van der Waals surface area contributed by atoms with Crippen molar-refractivity contribution >= 4 is 43.1 Å². The molecule has 0 aliphatic rings. The number of hydrogen-bond donors (Lipinski definition) is 0. The fourth-order valence-electron chi connectivity index (χ4n) is 6.57. The van der Waals surface area contributed by atoms with Crippen molar-refractivity contribution in [3.05, 3.63) is 164 Å². The molecule has 0 unspecified atom stereocenters. The van der Waals surface area contributed by atoms with E-state index in [1.807, 2.05) is 60.7 Å². The zero-order valence-corrected chi connectivity index (χ0v) is 24.9. The van der Waals surface area contributed by atoms with Crippen LogP contribution in [0.1, 0.15) is 0 Å². The third-order valence-electron chi connectivity index (χ3n) is 8.90. The first-order valence-electron chi connectivity index (χ1n) is 15.5. The average molecular weight is 586 g/mol. The lowest BCUT2D eigenvalue weighted by Crippen LogP contribution is -2.00. The third kappa shape index (κ3) is 4.49. The Balaban J connectivity index is 1.22. The molecule has 214 valence electrons. The van der Waals surface area contributed by atoms with Gasteiger partial charge in [0.05, 0.1) is 0 Å². The summed E-state index contributed by atoms with van der Waals surface area (Å²) in [5.74, 6) is 1.98. The van der Waals surface area contributed by atoms with Gasteiger partial charge in [-0.2, -0.15) is 0 Å². The summed E-state index contributed by atoms with van der Waals surface area (Å²) < 4.78 is 0. The maximum absolute atomic E-state index is 5.03. The molecule has 1 heterocycles. The van der Waals surface area contributed by atoms with Crippen molar-refractivity contribution in [1.29, 1.82) is 0 Å².